The quantitative estimate of drug-likeness (QED) is 0.442. The fourth-order valence-electron chi connectivity index (χ4n) is 6.42. The molecule has 2 bridgehead atoms. The fourth-order valence-corrected chi connectivity index (χ4v) is 6.42. The van der Waals surface area contributed by atoms with E-state index in [0.717, 1.165) is 5.69 Å². The summed E-state index contributed by atoms with van der Waals surface area (Å²) in [4.78, 5) is 11.1. The van der Waals surface area contributed by atoms with Gasteiger partial charge in [0, 0.05) is 17.8 Å². The van der Waals surface area contributed by atoms with Gasteiger partial charge in [-0.25, -0.2) is 0 Å². The number of benzene rings is 3. The molecule has 1 heterocycles. The normalized spacial score (nSPS) is 29.9. The van der Waals surface area contributed by atoms with E-state index < -0.39 is 0 Å². The lowest BCUT2D eigenvalue weighted by Crippen LogP contribution is -2.35. The third-order valence-electron chi connectivity index (χ3n) is 7.44. The first-order valence-electron chi connectivity index (χ1n) is 10.2. The number of non-ortho nitro benzene ring substituents is 1. The lowest BCUT2D eigenvalue weighted by atomic mass is 9.67. The van der Waals surface area contributed by atoms with Gasteiger partial charge in [0.2, 0.25) is 0 Å². The Morgan fingerprint density at radius 1 is 0.929 bits per heavy atom. The Hall–Kier alpha value is -2.88. The number of nitro groups is 1. The van der Waals surface area contributed by atoms with Crippen LogP contribution in [0.4, 0.5) is 11.4 Å². The molecule has 4 nitrogen and oxygen atoms in total. The van der Waals surface area contributed by atoms with E-state index in [2.05, 4.69) is 47.8 Å². The van der Waals surface area contributed by atoms with Crippen molar-refractivity contribution in [1.29, 1.82) is 0 Å². The third-order valence-corrected chi connectivity index (χ3v) is 7.44. The zero-order chi connectivity index (χ0) is 18.8. The topological polar surface area (TPSA) is 55.2 Å². The summed E-state index contributed by atoms with van der Waals surface area (Å²) in [6.45, 7) is 0. The highest BCUT2D eigenvalue weighted by atomic mass is 16.6. The maximum Gasteiger partial charge on any atom is 0.269 e. The Bertz CT molecular complexity index is 1100. The second kappa shape index (κ2) is 5.81. The summed E-state index contributed by atoms with van der Waals surface area (Å²) in [5, 5.41) is 17.7. The SMILES string of the molecule is O=[N+]([O-])c1ccc2c(c1)[C@@H]1[C@H]3CC[C@@H](C3)[C@@H]1[C@@H](c1cccc3ccccc13)N2. The van der Waals surface area contributed by atoms with Crippen LogP contribution in [0.1, 0.15) is 42.3 Å². The molecule has 4 heteroatoms. The van der Waals surface area contributed by atoms with Crippen molar-refractivity contribution in [2.24, 2.45) is 17.8 Å². The van der Waals surface area contributed by atoms with E-state index in [-0.39, 0.29) is 16.7 Å². The van der Waals surface area contributed by atoms with Crippen molar-refractivity contribution in [2.45, 2.75) is 31.2 Å². The van der Waals surface area contributed by atoms with Crippen molar-refractivity contribution in [2.75, 3.05) is 5.32 Å². The number of fused-ring (bicyclic) bond motifs is 8. The summed E-state index contributed by atoms with van der Waals surface area (Å²) in [6, 6.07) is 20.9. The van der Waals surface area contributed by atoms with Gasteiger partial charge in [0.1, 0.15) is 0 Å². The molecule has 1 N–H and O–H groups in total. The summed E-state index contributed by atoms with van der Waals surface area (Å²) in [6.07, 6.45) is 3.82. The van der Waals surface area contributed by atoms with Crippen LogP contribution in [0.3, 0.4) is 0 Å². The first-order valence-corrected chi connectivity index (χ1v) is 10.2. The van der Waals surface area contributed by atoms with Crippen LogP contribution in [0.2, 0.25) is 0 Å². The van der Waals surface area contributed by atoms with Crippen molar-refractivity contribution in [1.82, 2.24) is 0 Å². The number of rotatable bonds is 2. The molecule has 0 unspecified atom stereocenters. The molecular formula is C24H22N2O2. The van der Waals surface area contributed by atoms with Crippen LogP contribution in [0, 0.1) is 27.9 Å². The molecule has 28 heavy (non-hydrogen) atoms. The lowest BCUT2D eigenvalue weighted by Gasteiger charge is -2.43. The zero-order valence-corrected chi connectivity index (χ0v) is 15.5. The molecule has 0 radical (unpaired) electrons. The summed E-state index contributed by atoms with van der Waals surface area (Å²) in [7, 11) is 0. The van der Waals surface area contributed by atoms with Gasteiger partial charge in [-0.15, -0.1) is 0 Å². The predicted molar refractivity (Wildman–Crippen MR) is 110 cm³/mol. The Balaban J connectivity index is 1.54. The van der Waals surface area contributed by atoms with Gasteiger partial charge in [0.15, 0.2) is 0 Å². The Morgan fingerprint density at radius 2 is 1.75 bits per heavy atom. The van der Waals surface area contributed by atoms with Crippen molar-refractivity contribution in [3.05, 3.63) is 81.9 Å². The van der Waals surface area contributed by atoms with Crippen LogP contribution in [-0.2, 0) is 0 Å². The minimum atomic E-state index is -0.265. The smallest absolute Gasteiger partial charge is 0.269 e. The van der Waals surface area contributed by atoms with Crippen LogP contribution in [0.15, 0.2) is 60.7 Å². The van der Waals surface area contributed by atoms with Gasteiger partial charge >= 0.3 is 0 Å². The van der Waals surface area contributed by atoms with Crippen LogP contribution in [-0.4, -0.2) is 4.92 Å². The Morgan fingerprint density at radius 3 is 2.64 bits per heavy atom. The first kappa shape index (κ1) is 16.1. The summed E-state index contributed by atoms with van der Waals surface area (Å²) in [5.41, 5.74) is 3.83. The molecule has 2 aliphatic carbocycles. The average molecular weight is 370 g/mol. The molecule has 140 valence electrons. The van der Waals surface area contributed by atoms with Crippen molar-refractivity contribution in [3.63, 3.8) is 0 Å². The maximum absolute atomic E-state index is 11.4. The molecule has 3 aromatic rings. The molecule has 5 atom stereocenters. The zero-order valence-electron chi connectivity index (χ0n) is 15.5. The van der Waals surface area contributed by atoms with E-state index >= 15 is 0 Å². The molecule has 3 aliphatic rings. The molecule has 3 aromatic carbocycles. The minimum Gasteiger partial charge on any atom is -0.378 e. The minimum absolute atomic E-state index is 0.214. The molecule has 0 saturated heterocycles. The number of hydrogen-bond donors (Lipinski definition) is 1. The molecule has 2 saturated carbocycles. The number of nitrogens with zero attached hydrogens (tertiary/aromatic N) is 1. The van der Waals surface area contributed by atoms with E-state index in [9.17, 15) is 10.1 Å². The highest BCUT2D eigenvalue weighted by Crippen LogP contribution is 2.64. The van der Waals surface area contributed by atoms with Gasteiger partial charge in [-0.1, -0.05) is 42.5 Å². The second-order valence-electron chi connectivity index (χ2n) is 8.66. The van der Waals surface area contributed by atoms with Crippen molar-refractivity contribution >= 4 is 22.1 Å². The van der Waals surface area contributed by atoms with Gasteiger partial charge in [-0.3, -0.25) is 10.1 Å². The maximum atomic E-state index is 11.4. The molecule has 0 amide bonds. The number of anilines is 1. The van der Waals surface area contributed by atoms with Gasteiger partial charge < -0.3 is 5.32 Å². The van der Waals surface area contributed by atoms with E-state index in [0.29, 0.717) is 23.7 Å². The van der Waals surface area contributed by atoms with Crippen LogP contribution >= 0.6 is 0 Å². The fraction of sp³-hybridized carbons (Fsp3) is 0.333. The highest BCUT2D eigenvalue weighted by molar-refractivity contribution is 5.86. The average Bonchev–Trinajstić information content (AvgIpc) is 3.35. The Labute approximate surface area is 163 Å². The van der Waals surface area contributed by atoms with E-state index in [1.165, 1.54) is 41.2 Å². The van der Waals surface area contributed by atoms with Crippen molar-refractivity contribution in [3.8, 4) is 0 Å². The second-order valence-corrected chi connectivity index (χ2v) is 8.66. The predicted octanol–water partition coefficient (Wildman–Crippen LogP) is 6.04. The van der Waals surface area contributed by atoms with Crippen LogP contribution in [0.5, 0.6) is 0 Å². The molecule has 1 aliphatic heterocycles. The summed E-state index contributed by atoms with van der Waals surface area (Å²) >= 11 is 0. The third kappa shape index (κ3) is 2.17. The van der Waals surface area contributed by atoms with Gasteiger partial charge in [-0.2, -0.15) is 0 Å². The summed E-state index contributed by atoms with van der Waals surface area (Å²) < 4.78 is 0. The Kier molecular flexibility index (Phi) is 3.34. The molecule has 6 rings (SSSR count). The van der Waals surface area contributed by atoms with E-state index in [1.807, 2.05) is 12.1 Å². The molecule has 0 spiro atoms. The van der Waals surface area contributed by atoms with Crippen LogP contribution in [0.25, 0.3) is 10.8 Å². The van der Waals surface area contributed by atoms with E-state index in [4.69, 9.17) is 0 Å². The highest BCUT2D eigenvalue weighted by Gasteiger charge is 2.54. The summed E-state index contributed by atoms with van der Waals surface area (Å²) in [5.74, 6) is 2.31. The van der Waals surface area contributed by atoms with Crippen LogP contribution < -0.4 is 5.32 Å². The monoisotopic (exact) mass is 370 g/mol. The number of nitrogens with one attached hydrogen (secondary N) is 1. The van der Waals surface area contributed by atoms with Gasteiger partial charge in [-0.05, 0) is 70.9 Å². The molecular weight excluding hydrogens is 348 g/mol. The largest absolute Gasteiger partial charge is 0.378 e. The van der Waals surface area contributed by atoms with E-state index in [1.54, 1.807) is 6.07 Å². The van der Waals surface area contributed by atoms with Gasteiger partial charge in [0.25, 0.3) is 5.69 Å². The molecule has 2 fully saturated rings. The number of nitro benzene ring substituents is 1. The first-order chi connectivity index (χ1) is 13.7. The van der Waals surface area contributed by atoms with Crippen molar-refractivity contribution < 1.29 is 4.92 Å². The number of hydrogen-bond acceptors (Lipinski definition) is 3. The molecule has 0 aromatic heterocycles. The standard InChI is InChI=1S/C24H22N2O2/c27-26(28)17-10-11-21-20(13-17)22-15-8-9-16(12-15)23(22)24(25-21)19-7-3-5-14-4-1-2-6-18(14)19/h1-7,10-11,13,15-16,22-25H,8-9,12H2/t15-,16-,22-,23-,24+/m0/s1. The lowest BCUT2D eigenvalue weighted by molar-refractivity contribution is -0.384. The van der Waals surface area contributed by atoms with Gasteiger partial charge in [0.05, 0.1) is 11.0 Å².